The number of hydrogen-bond acceptors (Lipinski definition) is 2. The molecule has 0 spiro atoms. The highest BCUT2D eigenvalue weighted by molar-refractivity contribution is 9.10. The van der Waals surface area contributed by atoms with E-state index < -0.39 is 0 Å². The van der Waals surface area contributed by atoms with Gasteiger partial charge in [0.05, 0.1) is 16.1 Å². The number of nitrogens with zero attached hydrogens (tertiary/aromatic N) is 2. The Morgan fingerprint density at radius 1 is 1.19 bits per heavy atom. The van der Waals surface area contributed by atoms with E-state index in [1.54, 1.807) is 18.2 Å². The van der Waals surface area contributed by atoms with Gasteiger partial charge in [-0.15, -0.1) is 0 Å². The summed E-state index contributed by atoms with van der Waals surface area (Å²) >= 11 is 9.80. The first-order valence-corrected chi connectivity index (χ1v) is 7.97. The zero-order valence-corrected chi connectivity index (χ0v) is 13.4. The zero-order chi connectivity index (χ0) is 14.6. The molecule has 1 heterocycles. The second kappa shape index (κ2) is 4.75. The third kappa shape index (κ3) is 2.23. The summed E-state index contributed by atoms with van der Waals surface area (Å²) < 4.78 is 3.24. The summed E-state index contributed by atoms with van der Waals surface area (Å²) in [6.45, 7) is 0. The molecule has 0 amide bonds. The summed E-state index contributed by atoms with van der Waals surface area (Å²) in [6.07, 6.45) is 2.32. The minimum atomic E-state index is 0.199. The number of imidazole rings is 1. The Balaban J connectivity index is 2.03. The first kappa shape index (κ1) is 13.2. The van der Waals surface area contributed by atoms with Crippen LogP contribution in [0.4, 0.5) is 0 Å². The summed E-state index contributed by atoms with van der Waals surface area (Å²) in [5, 5.41) is 10.4. The van der Waals surface area contributed by atoms with Gasteiger partial charge < -0.3 is 9.67 Å². The fourth-order valence-electron chi connectivity index (χ4n) is 2.65. The van der Waals surface area contributed by atoms with Crippen LogP contribution in [0.1, 0.15) is 18.9 Å². The smallest absolute Gasteiger partial charge is 0.143 e. The van der Waals surface area contributed by atoms with Crippen LogP contribution in [-0.4, -0.2) is 14.7 Å². The Kier molecular flexibility index (Phi) is 2.98. The summed E-state index contributed by atoms with van der Waals surface area (Å²) in [4.78, 5) is 4.74. The highest BCUT2D eigenvalue weighted by atomic mass is 79.9. The predicted molar refractivity (Wildman–Crippen MR) is 87.8 cm³/mol. The molecular weight excluding hydrogens is 352 g/mol. The second-order valence-electron chi connectivity index (χ2n) is 5.33. The Morgan fingerprint density at radius 2 is 2.00 bits per heavy atom. The third-order valence-corrected chi connectivity index (χ3v) is 4.58. The molecule has 1 saturated carbocycles. The molecule has 1 fully saturated rings. The van der Waals surface area contributed by atoms with Gasteiger partial charge in [-0.2, -0.15) is 0 Å². The molecule has 1 aliphatic carbocycles. The summed E-state index contributed by atoms with van der Waals surface area (Å²) in [5.74, 6) is 1.02. The van der Waals surface area contributed by atoms with Crippen molar-refractivity contribution >= 4 is 38.6 Å². The summed E-state index contributed by atoms with van der Waals surface area (Å²) in [7, 11) is 0. The number of phenols is 1. The van der Waals surface area contributed by atoms with E-state index in [-0.39, 0.29) is 5.75 Å². The average Bonchev–Trinajstić information content (AvgIpc) is 3.22. The molecule has 1 aromatic heterocycles. The third-order valence-electron chi connectivity index (χ3n) is 3.75. The van der Waals surface area contributed by atoms with Crippen molar-refractivity contribution in [2.75, 3.05) is 0 Å². The number of aromatic hydroxyl groups is 1. The minimum Gasteiger partial charge on any atom is -0.508 e. The number of hydrogen-bond donors (Lipinski definition) is 1. The Bertz CT molecular complexity index is 855. The molecule has 1 aliphatic rings. The molecule has 106 valence electrons. The van der Waals surface area contributed by atoms with E-state index in [2.05, 4.69) is 26.6 Å². The first-order chi connectivity index (χ1) is 10.1. The largest absolute Gasteiger partial charge is 0.508 e. The first-order valence-electron chi connectivity index (χ1n) is 6.80. The predicted octanol–water partition coefficient (Wildman–Crippen LogP) is 5.16. The van der Waals surface area contributed by atoms with Crippen LogP contribution < -0.4 is 0 Å². The van der Waals surface area contributed by atoms with Crippen molar-refractivity contribution in [1.82, 2.24) is 9.55 Å². The van der Waals surface area contributed by atoms with Crippen LogP contribution in [0, 0.1) is 0 Å². The van der Waals surface area contributed by atoms with Crippen LogP contribution in [0.25, 0.3) is 22.4 Å². The number of aromatic nitrogens is 2. The average molecular weight is 364 g/mol. The van der Waals surface area contributed by atoms with Crippen LogP contribution in [0.15, 0.2) is 40.9 Å². The SMILES string of the molecule is Oc1ccc(Cl)c(-c2nc3cc(Br)ccc3n2C2CC2)c1. The lowest BCUT2D eigenvalue weighted by atomic mass is 10.2. The second-order valence-corrected chi connectivity index (χ2v) is 6.66. The number of halogens is 2. The van der Waals surface area contributed by atoms with Crippen molar-refractivity contribution in [3.05, 3.63) is 45.9 Å². The van der Waals surface area contributed by atoms with E-state index in [0.29, 0.717) is 11.1 Å². The van der Waals surface area contributed by atoms with Gasteiger partial charge in [0.15, 0.2) is 0 Å². The van der Waals surface area contributed by atoms with Gasteiger partial charge >= 0.3 is 0 Å². The van der Waals surface area contributed by atoms with Gasteiger partial charge in [0.2, 0.25) is 0 Å². The summed E-state index contributed by atoms with van der Waals surface area (Å²) in [6, 6.07) is 11.6. The molecule has 4 rings (SSSR count). The topological polar surface area (TPSA) is 38.1 Å². The van der Waals surface area contributed by atoms with Crippen molar-refractivity contribution in [1.29, 1.82) is 0 Å². The van der Waals surface area contributed by atoms with E-state index in [1.807, 2.05) is 12.1 Å². The van der Waals surface area contributed by atoms with Gasteiger partial charge in [0, 0.05) is 16.1 Å². The zero-order valence-electron chi connectivity index (χ0n) is 11.1. The van der Waals surface area contributed by atoms with Crippen molar-refractivity contribution in [2.24, 2.45) is 0 Å². The maximum atomic E-state index is 9.76. The fraction of sp³-hybridized carbons (Fsp3) is 0.188. The summed E-state index contributed by atoms with van der Waals surface area (Å²) in [5.41, 5.74) is 2.82. The van der Waals surface area contributed by atoms with Gasteiger partial charge in [-0.05, 0) is 49.2 Å². The molecule has 5 heteroatoms. The molecule has 2 aromatic carbocycles. The van der Waals surface area contributed by atoms with Crippen molar-refractivity contribution in [3.63, 3.8) is 0 Å². The molecular formula is C16H12BrClN2O. The molecule has 0 saturated heterocycles. The highest BCUT2D eigenvalue weighted by Gasteiger charge is 2.29. The van der Waals surface area contributed by atoms with E-state index in [9.17, 15) is 5.11 Å². The van der Waals surface area contributed by atoms with E-state index >= 15 is 0 Å². The van der Waals surface area contributed by atoms with Crippen molar-refractivity contribution in [2.45, 2.75) is 18.9 Å². The van der Waals surface area contributed by atoms with E-state index in [1.165, 1.54) is 0 Å². The number of phenolic OH excluding ortho intramolecular Hbond substituents is 1. The standard InChI is InChI=1S/C16H12BrClN2O/c17-9-1-6-15-14(7-9)19-16(20(15)10-2-3-10)12-8-11(21)4-5-13(12)18/h1,4-8,10,21H,2-3H2. The number of rotatable bonds is 2. The molecule has 0 aliphatic heterocycles. The lowest BCUT2D eigenvalue weighted by molar-refractivity contribution is 0.475. The lowest BCUT2D eigenvalue weighted by Crippen LogP contribution is -1.97. The molecule has 0 atom stereocenters. The molecule has 0 unspecified atom stereocenters. The molecule has 0 radical (unpaired) electrons. The van der Waals surface area contributed by atoms with Gasteiger partial charge in [0.1, 0.15) is 11.6 Å². The monoisotopic (exact) mass is 362 g/mol. The van der Waals surface area contributed by atoms with Gasteiger partial charge in [-0.3, -0.25) is 0 Å². The van der Waals surface area contributed by atoms with Crippen molar-refractivity contribution < 1.29 is 5.11 Å². The fourth-order valence-corrected chi connectivity index (χ4v) is 3.20. The van der Waals surface area contributed by atoms with Crippen LogP contribution in [0.5, 0.6) is 5.75 Å². The molecule has 3 nitrogen and oxygen atoms in total. The molecule has 1 N–H and O–H groups in total. The molecule has 0 bridgehead atoms. The van der Waals surface area contributed by atoms with Crippen LogP contribution in [0.3, 0.4) is 0 Å². The van der Waals surface area contributed by atoms with Crippen LogP contribution >= 0.6 is 27.5 Å². The van der Waals surface area contributed by atoms with Crippen LogP contribution in [0.2, 0.25) is 5.02 Å². The Hall–Kier alpha value is -1.52. The maximum absolute atomic E-state index is 9.76. The number of benzene rings is 2. The highest BCUT2D eigenvalue weighted by Crippen LogP contribution is 2.43. The van der Waals surface area contributed by atoms with E-state index in [0.717, 1.165) is 39.7 Å². The lowest BCUT2D eigenvalue weighted by Gasteiger charge is -2.09. The molecule has 21 heavy (non-hydrogen) atoms. The Labute approximate surface area is 135 Å². The normalized spacial score (nSPS) is 14.8. The van der Waals surface area contributed by atoms with E-state index in [4.69, 9.17) is 16.6 Å². The van der Waals surface area contributed by atoms with Gasteiger partial charge in [-0.25, -0.2) is 4.98 Å². The van der Waals surface area contributed by atoms with Gasteiger partial charge in [0.25, 0.3) is 0 Å². The minimum absolute atomic E-state index is 0.199. The quantitative estimate of drug-likeness (QED) is 0.683. The number of fused-ring (bicyclic) bond motifs is 1. The van der Waals surface area contributed by atoms with Crippen LogP contribution in [-0.2, 0) is 0 Å². The van der Waals surface area contributed by atoms with Crippen molar-refractivity contribution in [3.8, 4) is 17.1 Å². The molecule has 3 aromatic rings. The maximum Gasteiger partial charge on any atom is 0.143 e. The van der Waals surface area contributed by atoms with Gasteiger partial charge in [-0.1, -0.05) is 27.5 Å². The Morgan fingerprint density at radius 3 is 2.76 bits per heavy atom.